The van der Waals surface area contributed by atoms with Gasteiger partial charge in [0, 0.05) is 0 Å². The Balaban J connectivity index is 1.11. The fourth-order valence-electron chi connectivity index (χ4n) is 11.7. The van der Waals surface area contributed by atoms with Crippen molar-refractivity contribution >= 4 is 75.4 Å². The summed E-state index contributed by atoms with van der Waals surface area (Å²) in [6.07, 6.45) is 0. The summed E-state index contributed by atoms with van der Waals surface area (Å²) in [6.45, 7) is 0. The summed E-state index contributed by atoms with van der Waals surface area (Å²) in [5.41, 5.74) is 14.7. The average Bonchev–Trinajstić information content (AvgIpc) is 3.41. The Labute approximate surface area is 395 Å². The van der Waals surface area contributed by atoms with E-state index < -0.39 is 0 Å². The number of rotatable bonds is 6. The van der Waals surface area contributed by atoms with E-state index in [0.29, 0.717) is 0 Å². The van der Waals surface area contributed by atoms with Gasteiger partial charge in [-0.05, 0) is 160 Å². The van der Waals surface area contributed by atoms with Gasteiger partial charge in [0.1, 0.15) is 0 Å². The number of benzene rings is 14. The zero-order valence-electron chi connectivity index (χ0n) is 37.2. The molecule has 314 valence electrons. The highest BCUT2D eigenvalue weighted by molar-refractivity contribution is 6.27. The highest BCUT2D eigenvalue weighted by atomic mass is 14.3. The Morgan fingerprint density at radius 2 is 0.500 bits per heavy atom. The summed E-state index contributed by atoms with van der Waals surface area (Å²) in [5.74, 6) is 0. The molecule has 0 heteroatoms. The standard InChI is InChI=1S/C68H42/c1-3-18-43(19-4-1)64-54-26-9-13-30-58(54)66(59-31-14-10-27-55(59)64)49-40-48(51-24-7-8-25-52(51)53-38-36-47-35-34-45-22-17-23-46-37-39-62(53)68(47)63(45)46)41-50(42-49)67-60-32-15-11-28-56(60)65(44-20-5-2-6-21-44)57-29-12-16-33-61(57)67/h1-42H. The first kappa shape index (κ1) is 38.4. The Kier molecular flexibility index (Phi) is 8.69. The van der Waals surface area contributed by atoms with Crippen molar-refractivity contribution < 1.29 is 0 Å². The third-order valence-corrected chi connectivity index (χ3v) is 14.6. The van der Waals surface area contributed by atoms with Crippen LogP contribution in [0.25, 0.3) is 142 Å². The fraction of sp³-hybridized carbons (Fsp3) is 0. The second kappa shape index (κ2) is 15.4. The monoisotopic (exact) mass is 858 g/mol. The van der Waals surface area contributed by atoms with Crippen LogP contribution in [-0.2, 0) is 0 Å². The van der Waals surface area contributed by atoms with Crippen LogP contribution in [-0.4, -0.2) is 0 Å². The second-order valence-electron chi connectivity index (χ2n) is 18.2. The molecule has 0 N–H and O–H groups in total. The lowest BCUT2D eigenvalue weighted by Crippen LogP contribution is -1.95. The van der Waals surface area contributed by atoms with Gasteiger partial charge in [0.25, 0.3) is 0 Å². The molecule has 0 bridgehead atoms. The van der Waals surface area contributed by atoms with Crippen molar-refractivity contribution in [2.45, 2.75) is 0 Å². The summed E-state index contributed by atoms with van der Waals surface area (Å²) < 4.78 is 0. The molecule has 0 nitrogen and oxygen atoms in total. The summed E-state index contributed by atoms with van der Waals surface area (Å²) >= 11 is 0. The number of hydrogen-bond donors (Lipinski definition) is 0. The molecule has 0 aliphatic carbocycles. The summed E-state index contributed by atoms with van der Waals surface area (Å²) in [7, 11) is 0. The lowest BCUT2D eigenvalue weighted by Gasteiger charge is -2.22. The van der Waals surface area contributed by atoms with Crippen molar-refractivity contribution in [2.24, 2.45) is 0 Å². The molecule has 0 fully saturated rings. The minimum Gasteiger partial charge on any atom is -0.0622 e. The van der Waals surface area contributed by atoms with E-state index >= 15 is 0 Å². The van der Waals surface area contributed by atoms with E-state index in [4.69, 9.17) is 0 Å². The number of hydrogen-bond acceptors (Lipinski definition) is 0. The molecule has 0 unspecified atom stereocenters. The van der Waals surface area contributed by atoms with E-state index in [1.165, 1.54) is 142 Å². The molecule has 0 atom stereocenters. The van der Waals surface area contributed by atoms with Gasteiger partial charge in [-0.15, -0.1) is 0 Å². The average molecular weight is 859 g/mol. The van der Waals surface area contributed by atoms with Crippen LogP contribution in [0.5, 0.6) is 0 Å². The van der Waals surface area contributed by atoms with Gasteiger partial charge in [-0.25, -0.2) is 0 Å². The molecule has 0 radical (unpaired) electrons. The maximum Gasteiger partial charge on any atom is -0.00206 e. The van der Waals surface area contributed by atoms with Crippen molar-refractivity contribution in [2.75, 3.05) is 0 Å². The third kappa shape index (κ3) is 5.88. The van der Waals surface area contributed by atoms with Crippen LogP contribution < -0.4 is 0 Å². The first-order valence-corrected chi connectivity index (χ1v) is 23.7. The molecule has 0 heterocycles. The lowest BCUT2D eigenvalue weighted by molar-refractivity contribution is 1.59. The van der Waals surface area contributed by atoms with Crippen molar-refractivity contribution in [3.8, 4) is 66.8 Å². The first-order valence-electron chi connectivity index (χ1n) is 23.7. The van der Waals surface area contributed by atoms with Crippen LogP contribution in [0.1, 0.15) is 0 Å². The highest BCUT2D eigenvalue weighted by Crippen LogP contribution is 2.50. The van der Waals surface area contributed by atoms with E-state index in [-0.39, 0.29) is 0 Å². The number of fused-ring (bicyclic) bond motifs is 4. The zero-order valence-corrected chi connectivity index (χ0v) is 37.2. The molecule has 0 spiro atoms. The van der Waals surface area contributed by atoms with Gasteiger partial charge in [0.05, 0.1) is 0 Å². The van der Waals surface area contributed by atoms with Crippen LogP contribution in [0.3, 0.4) is 0 Å². The maximum absolute atomic E-state index is 2.48. The normalized spacial score (nSPS) is 11.8. The fourth-order valence-corrected chi connectivity index (χ4v) is 11.7. The van der Waals surface area contributed by atoms with Gasteiger partial charge in [-0.1, -0.05) is 237 Å². The van der Waals surface area contributed by atoms with E-state index in [9.17, 15) is 0 Å². The predicted octanol–water partition coefficient (Wildman–Crippen LogP) is 19.2. The van der Waals surface area contributed by atoms with Crippen LogP contribution in [0.15, 0.2) is 255 Å². The van der Waals surface area contributed by atoms with Crippen molar-refractivity contribution in [3.05, 3.63) is 255 Å². The Bertz CT molecular complexity index is 3980. The van der Waals surface area contributed by atoms with Gasteiger partial charge in [0.2, 0.25) is 0 Å². The van der Waals surface area contributed by atoms with E-state index in [0.717, 1.165) is 0 Å². The maximum atomic E-state index is 2.48. The molecule has 0 aliphatic heterocycles. The van der Waals surface area contributed by atoms with Gasteiger partial charge in [-0.3, -0.25) is 0 Å². The molecule has 0 saturated heterocycles. The summed E-state index contributed by atoms with van der Waals surface area (Å²) in [5, 5.41) is 17.7. The molecular formula is C68H42. The minimum atomic E-state index is 1.18. The van der Waals surface area contributed by atoms with E-state index in [2.05, 4.69) is 255 Å². The quantitative estimate of drug-likeness (QED) is 0.115. The SMILES string of the molecule is c1ccc(-c2c3ccccc3c(-c3cc(-c4ccccc4-c4ccc5ccc6cccc7ccc4c5c67)cc(-c4c5ccccc5c(-c5ccccc5)c5ccccc45)c3)c3ccccc23)cc1. The zero-order chi connectivity index (χ0) is 44.7. The minimum absolute atomic E-state index is 1.18. The third-order valence-electron chi connectivity index (χ3n) is 14.6. The topological polar surface area (TPSA) is 0 Å². The Hall–Kier alpha value is -8.84. The van der Waals surface area contributed by atoms with E-state index in [1.54, 1.807) is 0 Å². The van der Waals surface area contributed by atoms with Gasteiger partial charge in [-0.2, -0.15) is 0 Å². The van der Waals surface area contributed by atoms with Crippen molar-refractivity contribution in [3.63, 3.8) is 0 Å². The molecule has 14 rings (SSSR count). The molecule has 14 aromatic carbocycles. The molecule has 0 amide bonds. The van der Waals surface area contributed by atoms with E-state index in [1.807, 2.05) is 0 Å². The first-order chi connectivity index (χ1) is 33.8. The summed E-state index contributed by atoms with van der Waals surface area (Å²) in [4.78, 5) is 0. The molecule has 0 saturated carbocycles. The lowest BCUT2D eigenvalue weighted by atomic mass is 9.81. The molecule has 14 aromatic rings. The molecule has 0 aromatic heterocycles. The van der Waals surface area contributed by atoms with Crippen molar-refractivity contribution in [1.29, 1.82) is 0 Å². The molecule has 68 heavy (non-hydrogen) atoms. The van der Waals surface area contributed by atoms with Gasteiger partial charge < -0.3 is 0 Å². The smallest absolute Gasteiger partial charge is 0.00206 e. The van der Waals surface area contributed by atoms with Gasteiger partial charge >= 0.3 is 0 Å². The predicted molar refractivity (Wildman–Crippen MR) is 293 cm³/mol. The van der Waals surface area contributed by atoms with Crippen LogP contribution in [0.2, 0.25) is 0 Å². The highest BCUT2D eigenvalue weighted by Gasteiger charge is 2.22. The largest absolute Gasteiger partial charge is 0.0622 e. The molecular weight excluding hydrogens is 817 g/mol. The summed E-state index contributed by atoms with van der Waals surface area (Å²) in [6, 6.07) is 94.9. The van der Waals surface area contributed by atoms with Crippen molar-refractivity contribution in [1.82, 2.24) is 0 Å². The Morgan fingerprint density at radius 1 is 0.162 bits per heavy atom. The van der Waals surface area contributed by atoms with Crippen LogP contribution in [0.4, 0.5) is 0 Å². The Morgan fingerprint density at radius 3 is 0.956 bits per heavy atom. The van der Waals surface area contributed by atoms with Crippen LogP contribution >= 0.6 is 0 Å². The second-order valence-corrected chi connectivity index (χ2v) is 18.2. The van der Waals surface area contributed by atoms with Crippen LogP contribution in [0, 0.1) is 0 Å². The van der Waals surface area contributed by atoms with Gasteiger partial charge in [0.15, 0.2) is 0 Å². The molecule has 0 aliphatic rings.